The number of aryl methyl sites for hydroxylation is 1. The van der Waals surface area contributed by atoms with Crippen LogP contribution in [0.3, 0.4) is 0 Å². The number of hydrogen-bond acceptors (Lipinski definition) is 7. The molecule has 35 heavy (non-hydrogen) atoms. The smallest absolute Gasteiger partial charge is 0.339 e. The molecule has 1 atom stereocenters. The lowest BCUT2D eigenvalue weighted by atomic mass is 9.93. The lowest BCUT2D eigenvalue weighted by molar-refractivity contribution is 0.0252. The molecule has 1 unspecified atom stereocenters. The van der Waals surface area contributed by atoms with Crippen LogP contribution in [0.25, 0.3) is 11.0 Å². The van der Waals surface area contributed by atoms with Crippen LogP contribution in [0.5, 0.6) is 0 Å². The second-order valence-electron chi connectivity index (χ2n) is 8.86. The number of carbonyl (C=O) groups is 2. The Bertz CT molecular complexity index is 1430. The number of fused-ring (bicyclic) bond motifs is 2. The second kappa shape index (κ2) is 8.50. The van der Waals surface area contributed by atoms with Crippen molar-refractivity contribution in [1.82, 2.24) is 24.6 Å². The maximum absolute atomic E-state index is 13.3. The van der Waals surface area contributed by atoms with E-state index < -0.39 is 0 Å². The Morgan fingerprint density at radius 1 is 1.03 bits per heavy atom. The van der Waals surface area contributed by atoms with E-state index in [1.165, 1.54) is 0 Å². The number of carbonyl (C=O) groups excluding carboxylic acids is 2. The Morgan fingerprint density at radius 3 is 2.63 bits per heavy atom. The van der Waals surface area contributed by atoms with E-state index in [1.807, 2.05) is 48.3 Å². The van der Waals surface area contributed by atoms with Crippen LogP contribution in [0.1, 0.15) is 37.9 Å². The van der Waals surface area contributed by atoms with Gasteiger partial charge in [-0.05, 0) is 29.3 Å². The highest BCUT2D eigenvalue weighted by Crippen LogP contribution is 2.31. The van der Waals surface area contributed by atoms with Gasteiger partial charge in [0.05, 0.1) is 17.1 Å². The van der Waals surface area contributed by atoms with Gasteiger partial charge in [0, 0.05) is 45.2 Å². The third-order valence-electron chi connectivity index (χ3n) is 6.77. The van der Waals surface area contributed by atoms with E-state index in [-0.39, 0.29) is 18.0 Å². The lowest BCUT2D eigenvalue weighted by Crippen LogP contribution is -2.49. The summed E-state index contributed by atoms with van der Waals surface area (Å²) in [6.07, 6.45) is 3.54. The predicted octanol–water partition coefficient (Wildman–Crippen LogP) is 2.78. The second-order valence-corrected chi connectivity index (χ2v) is 8.86. The minimum absolute atomic E-state index is 0.0307. The summed E-state index contributed by atoms with van der Waals surface area (Å²) in [7, 11) is 1.86. The van der Waals surface area contributed by atoms with E-state index in [1.54, 1.807) is 29.3 Å². The number of esters is 1. The Labute approximate surface area is 202 Å². The molecule has 4 heterocycles. The molecule has 6 rings (SSSR count). The molecule has 2 aliphatic rings. The molecule has 9 nitrogen and oxygen atoms in total. The quantitative estimate of drug-likeness (QED) is 0.427. The van der Waals surface area contributed by atoms with Gasteiger partial charge in [-0.1, -0.05) is 30.3 Å². The van der Waals surface area contributed by atoms with E-state index >= 15 is 0 Å². The number of benzene rings is 2. The zero-order valence-corrected chi connectivity index (χ0v) is 19.3. The first-order valence-corrected chi connectivity index (χ1v) is 11.6. The summed E-state index contributed by atoms with van der Waals surface area (Å²) in [5, 5.41) is 5.20. The molecule has 9 heteroatoms. The number of hydrogen-bond donors (Lipinski definition) is 0. The average Bonchev–Trinajstić information content (AvgIpc) is 3.29. The standard InChI is InChI=1S/C26H24N6O3/c1-30-23-21(15-29-30)24(28-16-27-23)31-9-11-32(12-10-31)25(33)18-7-8-20-19(13-18)14-22(35-26(20)34)17-5-3-2-4-6-17/h2-8,13,15-16,22H,9-12,14H2,1H3. The van der Waals surface area contributed by atoms with Crippen molar-refractivity contribution in [2.45, 2.75) is 12.5 Å². The minimum atomic E-state index is -0.348. The molecule has 4 aromatic rings. The molecule has 176 valence electrons. The first-order chi connectivity index (χ1) is 17.1. The zero-order valence-electron chi connectivity index (χ0n) is 19.3. The van der Waals surface area contributed by atoms with Gasteiger partial charge in [-0.3, -0.25) is 9.48 Å². The first-order valence-electron chi connectivity index (χ1n) is 11.6. The third-order valence-corrected chi connectivity index (χ3v) is 6.77. The third kappa shape index (κ3) is 3.78. The van der Waals surface area contributed by atoms with Crippen LogP contribution >= 0.6 is 0 Å². The van der Waals surface area contributed by atoms with Crippen molar-refractivity contribution >= 4 is 28.7 Å². The van der Waals surface area contributed by atoms with Gasteiger partial charge in [-0.15, -0.1) is 0 Å². The van der Waals surface area contributed by atoms with Gasteiger partial charge < -0.3 is 14.5 Å². The summed E-state index contributed by atoms with van der Waals surface area (Å²) >= 11 is 0. The van der Waals surface area contributed by atoms with Gasteiger partial charge in [-0.2, -0.15) is 5.10 Å². The zero-order chi connectivity index (χ0) is 23.9. The summed E-state index contributed by atoms with van der Waals surface area (Å²) in [4.78, 5) is 38.7. The van der Waals surface area contributed by atoms with E-state index in [0.717, 1.165) is 28.0 Å². The number of nitrogens with zero attached hydrogens (tertiary/aromatic N) is 6. The Morgan fingerprint density at radius 2 is 1.83 bits per heavy atom. The number of piperazine rings is 1. The van der Waals surface area contributed by atoms with Gasteiger partial charge in [0.1, 0.15) is 18.2 Å². The molecule has 0 spiro atoms. The molecule has 0 aliphatic carbocycles. The number of anilines is 1. The molecule has 0 saturated carbocycles. The molecule has 2 aromatic heterocycles. The minimum Gasteiger partial charge on any atom is -0.454 e. The van der Waals surface area contributed by atoms with Gasteiger partial charge in [0.2, 0.25) is 0 Å². The van der Waals surface area contributed by atoms with Crippen LogP contribution in [0.4, 0.5) is 5.82 Å². The molecular weight excluding hydrogens is 444 g/mol. The first kappa shape index (κ1) is 21.3. The molecular formula is C26H24N6O3. The molecule has 1 fully saturated rings. The number of amides is 1. The van der Waals surface area contributed by atoms with Crippen LogP contribution in [-0.4, -0.2) is 62.7 Å². The van der Waals surface area contributed by atoms with Crippen LogP contribution < -0.4 is 4.90 Å². The molecule has 1 saturated heterocycles. The van der Waals surface area contributed by atoms with Crippen molar-refractivity contribution in [2.24, 2.45) is 7.05 Å². The van der Waals surface area contributed by atoms with Crippen molar-refractivity contribution in [3.63, 3.8) is 0 Å². The molecule has 0 N–H and O–H groups in total. The highest BCUT2D eigenvalue weighted by atomic mass is 16.5. The summed E-state index contributed by atoms with van der Waals surface area (Å²) in [6.45, 7) is 2.49. The Hall–Kier alpha value is -4.27. The fraction of sp³-hybridized carbons (Fsp3) is 0.269. The summed E-state index contributed by atoms with van der Waals surface area (Å²) in [6, 6.07) is 15.0. The summed E-state index contributed by atoms with van der Waals surface area (Å²) in [5.41, 5.74) is 3.71. The average molecular weight is 469 g/mol. The fourth-order valence-electron chi connectivity index (χ4n) is 4.89. The normalized spacial score (nSPS) is 17.9. The molecule has 2 aromatic carbocycles. The number of cyclic esters (lactones) is 1. The summed E-state index contributed by atoms with van der Waals surface area (Å²) < 4.78 is 7.38. The predicted molar refractivity (Wildman–Crippen MR) is 129 cm³/mol. The molecule has 0 radical (unpaired) electrons. The Kier molecular flexibility index (Phi) is 5.17. The van der Waals surface area contributed by atoms with E-state index in [4.69, 9.17) is 4.74 Å². The van der Waals surface area contributed by atoms with Crippen LogP contribution in [0, 0.1) is 0 Å². The molecule has 1 amide bonds. The van der Waals surface area contributed by atoms with Gasteiger partial charge in [0.15, 0.2) is 5.65 Å². The van der Waals surface area contributed by atoms with Gasteiger partial charge >= 0.3 is 5.97 Å². The fourth-order valence-corrected chi connectivity index (χ4v) is 4.89. The van der Waals surface area contributed by atoms with Gasteiger partial charge in [-0.25, -0.2) is 14.8 Å². The maximum atomic E-state index is 13.3. The monoisotopic (exact) mass is 468 g/mol. The lowest BCUT2D eigenvalue weighted by Gasteiger charge is -2.35. The largest absolute Gasteiger partial charge is 0.454 e. The highest BCUT2D eigenvalue weighted by molar-refractivity contribution is 5.98. The highest BCUT2D eigenvalue weighted by Gasteiger charge is 2.30. The van der Waals surface area contributed by atoms with Crippen molar-refractivity contribution in [2.75, 3.05) is 31.1 Å². The number of rotatable bonds is 3. The molecule has 2 aliphatic heterocycles. The number of ether oxygens (including phenoxy) is 1. The number of aromatic nitrogens is 4. The van der Waals surface area contributed by atoms with Crippen LogP contribution in [-0.2, 0) is 18.2 Å². The van der Waals surface area contributed by atoms with E-state index in [0.29, 0.717) is 43.7 Å². The van der Waals surface area contributed by atoms with Gasteiger partial charge in [0.25, 0.3) is 5.91 Å². The van der Waals surface area contributed by atoms with Crippen molar-refractivity contribution in [3.8, 4) is 0 Å². The van der Waals surface area contributed by atoms with E-state index in [2.05, 4.69) is 20.0 Å². The van der Waals surface area contributed by atoms with Crippen molar-refractivity contribution in [1.29, 1.82) is 0 Å². The Balaban J connectivity index is 1.18. The molecule has 0 bridgehead atoms. The topological polar surface area (TPSA) is 93.5 Å². The maximum Gasteiger partial charge on any atom is 0.339 e. The van der Waals surface area contributed by atoms with Crippen LogP contribution in [0.2, 0.25) is 0 Å². The van der Waals surface area contributed by atoms with Crippen molar-refractivity contribution in [3.05, 3.63) is 83.3 Å². The van der Waals surface area contributed by atoms with Crippen molar-refractivity contribution < 1.29 is 14.3 Å². The SMILES string of the molecule is Cn1ncc2c(N3CCN(C(=O)c4ccc5c(c4)CC(c4ccccc4)OC5=O)CC3)ncnc21. The van der Waals surface area contributed by atoms with E-state index in [9.17, 15) is 9.59 Å². The summed E-state index contributed by atoms with van der Waals surface area (Å²) in [5.74, 6) is 0.464. The van der Waals surface area contributed by atoms with Crippen LogP contribution in [0.15, 0.2) is 61.1 Å².